The Labute approximate surface area is 136 Å². The molecule has 2 N–H and O–H groups in total. The zero-order chi connectivity index (χ0) is 16.3. The molecule has 1 rings (SSSR count). The van der Waals surface area contributed by atoms with Gasteiger partial charge in [0.2, 0.25) is 0 Å². The van der Waals surface area contributed by atoms with Crippen molar-refractivity contribution in [2.75, 3.05) is 19.6 Å². The van der Waals surface area contributed by atoms with Crippen LogP contribution >= 0.6 is 0 Å². The van der Waals surface area contributed by atoms with Crippen molar-refractivity contribution in [2.45, 2.75) is 84.2 Å². The Bertz CT molecular complexity index is 290. The van der Waals surface area contributed by atoms with E-state index in [2.05, 4.69) is 10.6 Å². The zero-order valence-corrected chi connectivity index (χ0v) is 14.9. The van der Waals surface area contributed by atoms with E-state index in [0.717, 1.165) is 19.0 Å². The molecule has 0 heterocycles. The van der Waals surface area contributed by atoms with Crippen LogP contribution in [-0.4, -0.2) is 31.3 Å². The van der Waals surface area contributed by atoms with Crippen LogP contribution < -0.4 is 10.6 Å². The quantitative estimate of drug-likeness (QED) is 0.746. The van der Waals surface area contributed by atoms with Crippen molar-refractivity contribution in [3.63, 3.8) is 0 Å². The maximum atomic E-state index is 11.5. The lowest BCUT2D eigenvalue weighted by Crippen LogP contribution is -2.37. The monoisotopic (exact) mass is 312 g/mol. The fourth-order valence-corrected chi connectivity index (χ4v) is 2.97. The molecule has 0 aromatic heterocycles. The molecule has 130 valence electrons. The van der Waals surface area contributed by atoms with Gasteiger partial charge in [0.05, 0.1) is 0 Å². The molecule has 0 aromatic carbocycles. The fourth-order valence-electron chi connectivity index (χ4n) is 2.97. The lowest BCUT2D eigenvalue weighted by Gasteiger charge is -2.20. The van der Waals surface area contributed by atoms with Gasteiger partial charge in [-0.2, -0.15) is 0 Å². The molecular weight excluding hydrogens is 276 g/mol. The molecule has 22 heavy (non-hydrogen) atoms. The van der Waals surface area contributed by atoms with Gasteiger partial charge < -0.3 is 15.4 Å². The minimum atomic E-state index is -0.423. The summed E-state index contributed by atoms with van der Waals surface area (Å²) in [6.45, 7) is 8.16. The van der Waals surface area contributed by atoms with Gasteiger partial charge in [0, 0.05) is 13.1 Å². The average Bonchev–Trinajstić information content (AvgIpc) is 2.43. The van der Waals surface area contributed by atoms with Gasteiger partial charge >= 0.3 is 6.09 Å². The van der Waals surface area contributed by atoms with Gasteiger partial charge in [-0.25, -0.2) is 4.79 Å². The second kappa shape index (κ2) is 10.9. The van der Waals surface area contributed by atoms with E-state index < -0.39 is 5.60 Å². The fraction of sp³-hybridized carbons (Fsp3) is 0.944. The van der Waals surface area contributed by atoms with Crippen molar-refractivity contribution in [3.8, 4) is 0 Å². The summed E-state index contributed by atoms with van der Waals surface area (Å²) in [6.07, 6.45) is 12.2. The molecule has 0 bridgehead atoms. The third kappa shape index (κ3) is 10.9. The number of carbonyl (C=O) groups excluding carboxylic acids is 1. The van der Waals surface area contributed by atoms with E-state index in [1.807, 2.05) is 20.8 Å². The third-order valence-electron chi connectivity index (χ3n) is 4.13. The Morgan fingerprint density at radius 3 is 2.05 bits per heavy atom. The van der Waals surface area contributed by atoms with Gasteiger partial charge in [0.25, 0.3) is 0 Å². The van der Waals surface area contributed by atoms with Crippen molar-refractivity contribution in [1.82, 2.24) is 10.6 Å². The standard InChI is InChI=1S/C18H36N2O2/c1-18(2,3)22-17(21)20-14-13-19-15-16-11-9-7-5-4-6-8-10-12-16/h16,19H,4-15H2,1-3H3,(H,20,21). The number of hydrogen-bond donors (Lipinski definition) is 2. The number of carbonyl (C=O) groups is 1. The lowest BCUT2D eigenvalue weighted by atomic mass is 9.92. The van der Waals surface area contributed by atoms with Crippen molar-refractivity contribution in [2.24, 2.45) is 5.92 Å². The van der Waals surface area contributed by atoms with Crippen LogP contribution in [0.2, 0.25) is 0 Å². The van der Waals surface area contributed by atoms with E-state index in [-0.39, 0.29) is 6.09 Å². The van der Waals surface area contributed by atoms with Crippen LogP contribution in [0.25, 0.3) is 0 Å². The van der Waals surface area contributed by atoms with Crippen LogP contribution in [0.5, 0.6) is 0 Å². The molecule has 0 spiro atoms. The van der Waals surface area contributed by atoms with Crippen molar-refractivity contribution < 1.29 is 9.53 Å². The molecule has 4 heteroatoms. The zero-order valence-electron chi connectivity index (χ0n) is 14.9. The maximum absolute atomic E-state index is 11.5. The van der Waals surface area contributed by atoms with E-state index in [1.54, 1.807) is 0 Å². The smallest absolute Gasteiger partial charge is 0.407 e. The number of nitrogens with one attached hydrogen (secondary N) is 2. The van der Waals surface area contributed by atoms with Gasteiger partial charge in [0.1, 0.15) is 5.60 Å². The van der Waals surface area contributed by atoms with Crippen LogP contribution in [0.3, 0.4) is 0 Å². The number of rotatable bonds is 5. The van der Waals surface area contributed by atoms with E-state index >= 15 is 0 Å². The predicted molar refractivity (Wildman–Crippen MR) is 92.1 cm³/mol. The summed E-state index contributed by atoms with van der Waals surface area (Å²) in [5.41, 5.74) is -0.423. The highest BCUT2D eigenvalue weighted by molar-refractivity contribution is 5.67. The minimum absolute atomic E-state index is 0.326. The first-order chi connectivity index (χ1) is 10.5. The van der Waals surface area contributed by atoms with E-state index in [0.29, 0.717) is 6.54 Å². The molecule has 1 fully saturated rings. The van der Waals surface area contributed by atoms with Gasteiger partial charge in [-0.3, -0.25) is 0 Å². The van der Waals surface area contributed by atoms with Crippen molar-refractivity contribution >= 4 is 6.09 Å². The number of hydrogen-bond acceptors (Lipinski definition) is 3. The SMILES string of the molecule is CC(C)(C)OC(=O)NCCNCC1CCCCCCCCC1. The molecule has 0 atom stereocenters. The molecule has 1 amide bonds. The van der Waals surface area contributed by atoms with Crippen molar-refractivity contribution in [1.29, 1.82) is 0 Å². The van der Waals surface area contributed by atoms with Crippen LogP contribution in [0.15, 0.2) is 0 Å². The van der Waals surface area contributed by atoms with Crippen LogP contribution in [0.4, 0.5) is 4.79 Å². The molecule has 0 aromatic rings. The van der Waals surface area contributed by atoms with Gasteiger partial charge in [0.15, 0.2) is 0 Å². The summed E-state index contributed by atoms with van der Waals surface area (Å²) >= 11 is 0. The molecule has 0 aliphatic heterocycles. The Morgan fingerprint density at radius 1 is 0.955 bits per heavy atom. The summed E-state index contributed by atoms with van der Waals surface area (Å²) in [5, 5.41) is 6.28. The van der Waals surface area contributed by atoms with E-state index in [4.69, 9.17) is 4.74 Å². The molecule has 0 unspecified atom stereocenters. The number of ether oxygens (including phenoxy) is 1. The molecule has 1 aliphatic rings. The highest BCUT2D eigenvalue weighted by Crippen LogP contribution is 2.20. The van der Waals surface area contributed by atoms with E-state index in [9.17, 15) is 4.79 Å². The lowest BCUT2D eigenvalue weighted by molar-refractivity contribution is 0.0528. The Balaban J connectivity index is 2.07. The molecule has 0 radical (unpaired) electrons. The third-order valence-corrected chi connectivity index (χ3v) is 4.13. The van der Waals surface area contributed by atoms with E-state index in [1.165, 1.54) is 57.8 Å². The largest absolute Gasteiger partial charge is 0.444 e. The normalized spacial score (nSPS) is 18.7. The summed E-state index contributed by atoms with van der Waals surface area (Å²) in [7, 11) is 0. The second-order valence-electron chi connectivity index (χ2n) is 7.55. The minimum Gasteiger partial charge on any atom is -0.444 e. The highest BCUT2D eigenvalue weighted by atomic mass is 16.6. The van der Waals surface area contributed by atoms with Gasteiger partial charge in [-0.05, 0) is 46.1 Å². The van der Waals surface area contributed by atoms with Crippen LogP contribution in [0, 0.1) is 5.92 Å². The van der Waals surface area contributed by atoms with Gasteiger partial charge in [-0.1, -0.05) is 44.9 Å². The highest BCUT2D eigenvalue weighted by Gasteiger charge is 2.15. The Hall–Kier alpha value is -0.770. The van der Waals surface area contributed by atoms with Crippen molar-refractivity contribution in [3.05, 3.63) is 0 Å². The number of amides is 1. The van der Waals surface area contributed by atoms with Crippen LogP contribution in [0.1, 0.15) is 78.6 Å². The maximum Gasteiger partial charge on any atom is 0.407 e. The molecule has 1 saturated carbocycles. The molecular formula is C18H36N2O2. The van der Waals surface area contributed by atoms with Gasteiger partial charge in [-0.15, -0.1) is 0 Å². The summed E-state index contributed by atoms with van der Waals surface area (Å²) in [6, 6.07) is 0. The first-order valence-electron chi connectivity index (χ1n) is 9.15. The Kier molecular flexibility index (Phi) is 9.53. The first-order valence-corrected chi connectivity index (χ1v) is 9.15. The molecule has 1 aliphatic carbocycles. The topological polar surface area (TPSA) is 50.4 Å². The Morgan fingerprint density at radius 2 is 1.50 bits per heavy atom. The van der Waals surface area contributed by atoms with Crippen LogP contribution in [-0.2, 0) is 4.74 Å². The second-order valence-corrected chi connectivity index (χ2v) is 7.55. The summed E-state index contributed by atoms with van der Waals surface area (Å²) < 4.78 is 5.21. The average molecular weight is 312 g/mol. The summed E-state index contributed by atoms with van der Waals surface area (Å²) in [4.78, 5) is 11.5. The molecule has 4 nitrogen and oxygen atoms in total. The first kappa shape index (κ1) is 19.3. The summed E-state index contributed by atoms with van der Waals surface area (Å²) in [5.74, 6) is 0.805. The number of alkyl carbamates (subject to hydrolysis) is 1. The predicted octanol–water partition coefficient (Wildman–Crippen LogP) is 4.24. The molecule has 0 saturated heterocycles.